The van der Waals surface area contributed by atoms with Gasteiger partial charge in [-0.25, -0.2) is 4.79 Å². The number of halogens is 2. The summed E-state index contributed by atoms with van der Waals surface area (Å²) < 4.78 is 5.27. The van der Waals surface area contributed by atoms with Gasteiger partial charge < -0.3 is 4.74 Å². The molecule has 120 valence electrons. The van der Waals surface area contributed by atoms with Gasteiger partial charge in [0.15, 0.2) is 0 Å². The molecule has 0 spiro atoms. The monoisotopic (exact) mass is 348 g/mol. The van der Waals surface area contributed by atoms with E-state index in [0.29, 0.717) is 21.4 Å². The molecule has 0 radical (unpaired) electrons. The molecule has 0 atom stereocenters. The number of hydrogen-bond donors (Lipinski definition) is 0. The Balaban J connectivity index is 2.03. The first-order chi connectivity index (χ1) is 10.8. The van der Waals surface area contributed by atoms with Gasteiger partial charge in [-0.2, -0.15) is 0 Å². The molecule has 0 amide bonds. The van der Waals surface area contributed by atoms with Gasteiger partial charge in [-0.05, 0) is 46.9 Å². The Morgan fingerprint density at radius 3 is 2.26 bits per heavy atom. The lowest BCUT2D eigenvalue weighted by molar-refractivity contribution is -0.128. The van der Waals surface area contributed by atoms with Crippen LogP contribution in [0.2, 0.25) is 10.0 Å². The van der Waals surface area contributed by atoms with Crippen molar-refractivity contribution in [2.75, 3.05) is 0 Å². The Morgan fingerprint density at radius 1 is 1.04 bits per heavy atom. The van der Waals surface area contributed by atoms with Crippen molar-refractivity contribution in [3.05, 3.63) is 69.7 Å². The zero-order valence-electron chi connectivity index (χ0n) is 13.3. The van der Waals surface area contributed by atoms with Crippen molar-refractivity contribution in [2.45, 2.75) is 26.2 Å². The molecular weight excluding hydrogens is 331 g/mol. The molecule has 2 nitrogen and oxygen atoms in total. The highest BCUT2D eigenvalue weighted by atomic mass is 35.5. The van der Waals surface area contributed by atoms with E-state index < -0.39 is 5.97 Å². The van der Waals surface area contributed by atoms with E-state index >= 15 is 0 Å². The van der Waals surface area contributed by atoms with Crippen LogP contribution < -0.4 is 4.74 Å². The van der Waals surface area contributed by atoms with E-state index in [2.05, 4.69) is 20.8 Å². The quantitative estimate of drug-likeness (QED) is 0.391. The Morgan fingerprint density at radius 2 is 1.70 bits per heavy atom. The molecule has 0 bridgehead atoms. The summed E-state index contributed by atoms with van der Waals surface area (Å²) in [5.74, 6) is 0.0504. The molecule has 2 aromatic rings. The molecule has 0 aliphatic carbocycles. The highest BCUT2D eigenvalue weighted by molar-refractivity contribution is 6.35. The van der Waals surface area contributed by atoms with Crippen LogP contribution in [-0.2, 0) is 10.2 Å². The van der Waals surface area contributed by atoms with E-state index in [4.69, 9.17) is 27.9 Å². The fourth-order valence-corrected chi connectivity index (χ4v) is 2.44. The normalized spacial score (nSPS) is 11.7. The van der Waals surface area contributed by atoms with Gasteiger partial charge in [-0.1, -0.05) is 62.2 Å². The van der Waals surface area contributed by atoms with Gasteiger partial charge in [0.2, 0.25) is 0 Å². The molecule has 0 fully saturated rings. The fraction of sp³-hybridized carbons (Fsp3) is 0.211. The first-order valence-corrected chi connectivity index (χ1v) is 7.97. The lowest BCUT2D eigenvalue weighted by atomic mass is 9.87. The summed E-state index contributed by atoms with van der Waals surface area (Å²) in [7, 11) is 0. The molecule has 23 heavy (non-hydrogen) atoms. The number of hydrogen-bond acceptors (Lipinski definition) is 2. The largest absolute Gasteiger partial charge is 0.423 e. The summed E-state index contributed by atoms with van der Waals surface area (Å²) in [6.07, 6.45) is 2.94. The minimum Gasteiger partial charge on any atom is -0.423 e. The molecule has 0 heterocycles. The van der Waals surface area contributed by atoms with Crippen LogP contribution in [0.3, 0.4) is 0 Å². The van der Waals surface area contributed by atoms with E-state index in [1.54, 1.807) is 36.4 Å². The Hall–Kier alpha value is -1.77. The van der Waals surface area contributed by atoms with Crippen molar-refractivity contribution >= 4 is 35.2 Å². The SMILES string of the molecule is CC(C)(C)c1ccc(OC(=O)/C=C/c2ccc(Cl)cc2Cl)cc1. The van der Waals surface area contributed by atoms with Crippen LogP contribution in [0.1, 0.15) is 31.9 Å². The standard InChI is InChI=1S/C19H18Cl2O2/c1-19(2,3)14-6-9-16(10-7-14)23-18(22)11-5-13-4-8-15(20)12-17(13)21/h4-12H,1-3H3/b11-5+. The van der Waals surface area contributed by atoms with Gasteiger partial charge in [-0.15, -0.1) is 0 Å². The average molecular weight is 349 g/mol. The molecule has 0 saturated heterocycles. The van der Waals surface area contributed by atoms with Crippen molar-refractivity contribution < 1.29 is 9.53 Å². The molecule has 0 aliphatic heterocycles. The average Bonchev–Trinajstić information content (AvgIpc) is 2.46. The lowest BCUT2D eigenvalue weighted by Crippen LogP contribution is -2.11. The van der Waals surface area contributed by atoms with Crippen LogP contribution in [0.4, 0.5) is 0 Å². The molecule has 0 aromatic heterocycles. The molecule has 2 rings (SSSR count). The molecule has 0 aliphatic rings. The molecule has 4 heteroatoms. The first kappa shape index (κ1) is 17.6. The van der Waals surface area contributed by atoms with E-state index in [0.717, 1.165) is 0 Å². The maximum atomic E-state index is 11.9. The summed E-state index contributed by atoms with van der Waals surface area (Å²) in [6.45, 7) is 6.39. The second-order valence-corrected chi connectivity index (χ2v) is 7.04. The van der Waals surface area contributed by atoms with Gasteiger partial charge in [0.1, 0.15) is 5.75 Å². The number of ether oxygens (including phenoxy) is 1. The van der Waals surface area contributed by atoms with E-state index in [-0.39, 0.29) is 5.41 Å². The van der Waals surface area contributed by atoms with Crippen molar-refractivity contribution in [1.29, 1.82) is 0 Å². The van der Waals surface area contributed by atoms with Crippen LogP contribution >= 0.6 is 23.2 Å². The van der Waals surface area contributed by atoms with Gasteiger partial charge in [0, 0.05) is 16.1 Å². The summed E-state index contributed by atoms with van der Waals surface area (Å²) in [4.78, 5) is 11.9. The van der Waals surface area contributed by atoms with Crippen molar-refractivity contribution in [2.24, 2.45) is 0 Å². The van der Waals surface area contributed by atoms with Crippen molar-refractivity contribution in [3.8, 4) is 5.75 Å². The second kappa shape index (κ2) is 7.20. The van der Waals surface area contributed by atoms with Gasteiger partial charge >= 0.3 is 5.97 Å². The molecule has 2 aromatic carbocycles. The van der Waals surface area contributed by atoms with Crippen LogP contribution in [0.15, 0.2) is 48.5 Å². The molecule has 0 N–H and O–H groups in total. The summed E-state index contributed by atoms with van der Waals surface area (Å²) in [5.41, 5.74) is 1.95. The number of carbonyl (C=O) groups is 1. The van der Waals surface area contributed by atoms with E-state index in [9.17, 15) is 4.79 Å². The second-order valence-electron chi connectivity index (χ2n) is 6.19. The number of esters is 1. The maximum absolute atomic E-state index is 11.9. The van der Waals surface area contributed by atoms with Gasteiger partial charge in [0.05, 0.1) is 0 Å². The topological polar surface area (TPSA) is 26.3 Å². The zero-order chi connectivity index (χ0) is 17.0. The number of carbonyl (C=O) groups excluding carboxylic acids is 1. The highest BCUT2D eigenvalue weighted by Gasteiger charge is 2.13. The maximum Gasteiger partial charge on any atom is 0.336 e. The fourth-order valence-electron chi connectivity index (χ4n) is 1.97. The Kier molecular flexibility index (Phi) is 5.51. The van der Waals surface area contributed by atoms with Gasteiger partial charge in [-0.3, -0.25) is 0 Å². The van der Waals surface area contributed by atoms with Crippen LogP contribution in [0.25, 0.3) is 6.08 Å². The predicted molar refractivity (Wildman–Crippen MR) is 96.3 cm³/mol. The number of rotatable bonds is 3. The summed E-state index contributed by atoms with van der Waals surface area (Å²) in [5, 5.41) is 1.03. The Bertz CT molecular complexity index is 726. The number of benzene rings is 2. The zero-order valence-corrected chi connectivity index (χ0v) is 14.8. The summed E-state index contributed by atoms with van der Waals surface area (Å²) in [6, 6.07) is 12.6. The minimum atomic E-state index is -0.459. The summed E-state index contributed by atoms with van der Waals surface area (Å²) >= 11 is 11.9. The minimum absolute atomic E-state index is 0.0633. The first-order valence-electron chi connectivity index (χ1n) is 7.21. The third-order valence-electron chi connectivity index (χ3n) is 3.30. The van der Waals surface area contributed by atoms with Crippen LogP contribution in [0, 0.1) is 0 Å². The smallest absolute Gasteiger partial charge is 0.336 e. The van der Waals surface area contributed by atoms with Crippen molar-refractivity contribution in [3.63, 3.8) is 0 Å². The van der Waals surface area contributed by atoms with Crippen LogP contribution in [-0.4, -0.2) is 5.97 Å². The third-order valence-corrected chi connectivity index (χ3v) is 3.86. The predicted octanol–water partition coefficient (Wildman–Crippen LogP) is 5.91. The van der Waals surface area contributed by atoms with Crippen molar-refractivity contribution in [1.82, 2.24) is 0 Å². The van der Waals surface area contributed by atoms with Crippen LogP contribution in [0.5, 0.6) is 5.75 Å². The molecule has 0 saturated carbocycles. The Labute approximate surface area is 146 Å². The van der Waals surface area contributed by atoms with E-state index in [1.165, 1.54) is 11.6 Å². The third kappa shape index (κ3) is 5.12. The molecule has 0 unspecified atom stereocenters. The van der Waals surface area contributed by atoms with Gasteiger partial charge in [0.25, 0.3) is 0 Å². The lowest BCUT2D eigenvalue weighted by Gasteiger charge is -2.18. The molecular formula is C19H18Cl2O2. The van der Waals surface area contributed by atoms with E-state index in [1.807, 2.05) is 12.1 Å². The highest BCUT2D eigenvalue weighted by Crippen LogP contribution is 2.25.